The lowest BCUT2D eigenvalue weighted by Crippen LogP contribution is -2.32. The highest BCUT2D eigenvalue weighted by Crippen LogP contribution is 2.24. The number of aryl methyl sites for hydroxylation is 2. The van der Waals surface area contributed by atoms with Gasteiger partial charge in [0.25, 0.3) is 0 Å². The first-order chi connectivity index (χ1) is 12.1. The maximum Gasteiger partial charge on any atom is 0.134 e. The summed E-state index contributed by atoms with van der Waals surface area (Å²) in [5.41, 5.74) is 2.25. The van der Waals surface area contributed by atoms with Crippen LogP contribution < -0.4 is 10.2 Å². The smallest absolute Gasteiger partial charge is 0.134 e. The average molecular weight is 344 g/mol. The zero-order valence-corrected chi connectivity index (χ0v) is 15.3. The monoisotopic (exact) mass is 344 g/mol. The van der Waals surface area contributed by atoms with Gasteiger partial charge in [-0.25, -0.2) is 9.97 Å². The highest BCUT2D eigenvalue weighted by Gasteiger charge is 2.25. The molecule has 25 heavy (non-hydrogen) atoms. The molecule has 2 aromatic rings. The zero-order chi connectivity index (χ0) is 17.8. The van der Waals surface area contributed by atoms with Gasteiger partial charge in [0, 0.05) is 31.4 Å². The minimum Gasteiger partial charge on any atom is -0.394 e. The van der Waals surface area contributed by atoms with Crippen LogP contribution in [0.2, 0.25) is 0 Å². The molecule has 136 valence electrons. The second-order valence-electron chi connectivity index (χ2n) is 7.03. The molecule has 0 spiro atoms. The molecule has 0 amide bonds. The van der Waals surface area contributed by atoms with Crippen LogP contribution in [0.5, 0.6) is 0 Å². The number of rotatable bonds is 7. The molecule has 1 aliphatic heterocycles. The van der Waals surface area contributed by atoms with Crippen LogP contribution in [0.15, 0.2) is 18.5 Å². The predicted octanol–water partition coefficient (Wildman–Crippen LogP) is 2.00. The summed E-state index contributed by atoms with van der Waals surface area (Å²) in [6, 6.07) is 4.25. The van der Waals surface area contributed by atoms with Crippen LogP contribution in [0, 0.1) is 19.8 Å². The molecule has 0 saturated carbocycles. The summed E-state index contributed by atoms with van der Waals surface area (Å²) in [4.78, 5) is 10.9. The molecular weight excluding hydrogens is 316 g/mol. The van der Waals surface area contributed by atoms with Gasteiger partial charge in [0.1, 0.15) is 18.0 Å². The van der Waals surface area contributed by atoms with Gasteiger partial charge in [-0.2, -0.15) is 5.10 Å². The SMILES string of the molecule is Cc1cc(C)n(C[C@H](C)CNc2cc(N3CCC[C@@H]3CO)ncn2)n1. The molecule has 0 radical (unpaired) electrons. The molecule has 3 rings (SSSR count). The number of nitrogens with zero attached hydrogens (tertiary/aromatic N) is 5. The van der Waals surface area contributed by atoms with E-state index in [1.807, 2.05) is 13.0 Å². The number of aromatic nitrogens is 4. The third-order valence-corrected chi connectivity index (χ3v) is 4.75. The quantitative estimate of drug-likeness (QED) is 0.800. The fourth-order valence-electron chi connectivity index (χ4n) is 3.43. The molecule has 3 heterocycles. The van der Waals surface area contributed by atoms with E-state index in [1.54, 1.807) is 6.33 Å². The molecule has 7 nitrogen and oxygen atoms in total. The van der Waals surface area contributed by atoms with Crippen LogP contribution >= 0.6 is 0 Å². The minimum absolute atomic E-state index is 0.173. The van der Waals surface area contributed by atoms with E-state index in [4.69, 9.17) is 0 Å². The zero-order valence-electron chi connectivity index (χ0n) is 15.3. The fourth-order valence-corrected chi connectivity index (χ4v) is 3.43. The maximum atomic E-state index is 9.50. The Morgan fingerprint density at radius 2 is 2.16 bits per heavy atom. The van der Waals surface area contributed by atoms with Gasteiger partial charge >= 0.3 is 0 Å². The average Bonchev–Trinajstić information content (AvgIpc) is 3.19. The Morgan fingerprint density at radius 1 is 1.32 bits per heavy atom. The lowest BCUT2D eigenvalue weighted by Gasteiger charge is -2.24. The molecule has 0 aromatic carbocycles. The summed E-state index contributed by atoms with van der Waals surface area (Å²) < 4.78 is 2.06. The second kappa shape index (κ2) is 7.82. The van der Waals surface area contributed by atoms with E-state index >= 15 is 0 Å². The number of anilines is 2. The molecule has 2 atom stereocenters. The van der Waals surface area contributed by atoms with Gasteiger partial charge < -0.3 is 15.3 Å². The van der Waals surface area contributed by atoms with Crippen LogP contribution in [-0.2, 0) is 6.54 Å². The third kappa shape index (κ3) is 4.28. The summed E-state index contributed by atoms with van der Waals surface area (Å²) in [6.07, 6.45) is 3.71. The summed E-state index contributed by atoms with van der Waals surface area (Å²) in [5, 5.41) is 17.4. The molecule has 0 bridgehead atoms. The van der Waals surface area contributed by atoms with Crippen molar-refractivity contribution in [2.75, 3.05) is 29.9 Å². The van der Waals surface area contributed by atoms with Crippen molar-refractivity contribution in [1.29, 1.82) is 0 Å². The normalized spacial score (nSPS) is 18.6. The van der Waals surface area contributed by atoms with Gasteiger partial charge in [-0.05, 0) is 38.7 Å². The van der Waals surface area contributed by atoms with E-state index in [9.17, 15) is 5.11 Å². The Morgan fingerprint density at radius 3 is 2.88 bits per heavy atom. The van der Waals surface area contributed by atoms with Crippen molar-refractivity contribution in [3.63, 3.8) is 0 Å². The Bertz CT molecular complexity index is 701. The number of hydrogen-bond donors (Lipinski definition) is 2. The van der Waals surface area contributed by atoms with E-state index < -0.39 is 0 Å². The Kier molecular flexibility index (Phi) is 5.53. The maximum absolute atomic E-state index is 9.50. The largest absolute Gasteiger partial charge is 0.394 e. The standard InChI is InChI=1S/C18H28N6O/c1-13(10-24-15(3)7-14(2)22-24)9-19-17-8-18(21-12-20-17)23-6-4-5-16(23)11-25/h7-8,12-13,16,25H,4-6,9-11H2,1-3H3,(H,19,20,21)/t13-,16-/m1/s1. The first kappa shape index (κ1) is 17.7. The number of aliphatic hydroxyl groups excluding tert-OH is 1. The molecule has 2 aromatic heterocycles. The van der Waals surface area contributed by atoms with Crippen molar-refractivity contribution in [3.05, 3.63) is 29.8 Å². The minimum atomic E-state index is 0.173. The van der Waals surface area contributed by atoms with E-state index in [1.165, 1.54) is 5.69 Å². The van der Waals surface area contributed by atoms with Gasteiger partial charge in [-0.1, -0.05) is 6.92 Å². The van der Waals surface area contributed by atoms with Gasteiger partial charge in [-0.15, -0.1) is 0 Å². The summed E-state index contributed by atoms with van der Waals surface area (Å²) in [7, 11) is 0. The first-order valence-electron chi connectivity index (χ1n) is 9.01. The number of nitrogens with one attached hydrogen (secondary N) is 1. The molecular formula is C18H28N6O. The van der Waals surface area contributed by atoms with Crippen LogP contribution in [0.1, 0.15) is 31.2 Å². The Balaban J connectivity index is 1.58. The highest BCUT2D eigenvalue weighted by atomic mass is 16.3. The topological polar surface area (TPSA) is 79.1 Å². The lowest BCUT2D eigenvalue weighted by atomic mass is 10.2. The van der Waals surface area contributed by atoms with Gasteiger partial charge in [0.2, 0.25) is 0 Å². The lowest BCUT2D eigenvalue weighted by molar-refractivity contribution is 0.266. The predicted molar refractivity (Wildman–Crippen MR) is 98.8 cm³/mol. The van der Waals surface area contributed by atoms with Crippen LogP contribution in [0.25, 0.3) is 0 Å². The molecule has 1 fully saturated rings. The van der Waals surface area contributed by atoms with Crippen molar-refractivity contribution in [2.24, 2.45) is 5.92 Å². The van der Waals surface area contributed by atoms with Crippen LogP contribution in [0.4, 0.5) is 11.6 Å². The van der Waals surface area contributed by atoms with Crippen molar-refractivity contribution in [3.8, 4) is 0 Å². The van der Waals surface area contributed by atoms with E-state index in [2.05, 4.69) is 49.9 Å². The van der Waals surface area contributed by atoms with E-state index in [-0.39, 0.29) is 12.6 Å². The summed E-state index contributed by atoms with van der Waals surface area (Å²) in [5.74, 6) is 2.14. The Labute approximate surface area is 149 Å². The molecule has 7 heteroatoms. The van der Waals surface area contributed by atoms with Crippen LogP contribution in [0.3, 0.4) is 0 Å². The summed E-state index contributed by atoms with van der Waals surface area (Å²) in [6.45, 7) is 9.12. The fraction of sp³-hybridized carbons (Fsp3) is 0.611. The number of hydrogen-bond acceptors (Lipinski definition) is 6. The van der Waals surface area contributed by atoms with Crippen molar-refractivity contribution in [2.45, 2.75) is 46.2 Å². The van der Waals surface area contributed by atoms with Crippen molar-refractivity contribution in [1.82, 2.24) is 19.7 Å². The summed E-state index contributed by atoms with van der Waals surface area (Å²) >= 11 is 0. The highest BCUT2D eigenvalue weighted by molar-refractivity contribution is 5.49. The van der Waals surface area contributed by atoms with Gasteiger partial charge in [0.05, 0.1) is 18.3 Å². The first-order valence-corrected chi connectivity index (χ1v) is 9.01. The van der Waals surface area contributed by atoms with Crippen molar-refractivity contribution < 1.29 is 5.11 Å². The van der Waals surface area contributed by atoms with Crippen molar-refractivity contribution >= 4 is 11.6 Å². The number of aliphatic hydroxyl groups is 1. The molecule has 0 unspecified atom stereocenters. The molecule has 2 N–H and O–H groups in total. The van der Waals surface area contributed by atoms with Gasteiger partial charge in [-0.3, -0.25) is 4.68 Å². The van der Waals surface area contributed by atoms with E-state index in [0.29, 0.717) is 5.92 Å². The van der Waals surface area contributed by atoms with Gasteiger partial charge in [0.15, 0.2) is 0 Å². The van der Waals surface area contributed by atoms with E-state index in [0.717, 1.165) is 49.8 Å². The third-order valence-electron chi connectivity index (χ3n) is 4.75. The second-order valence-corrected chi connectivity index (χ2v) is 7.03. The molecule has 1 aliphatic rings. The Hall–Kier alpha value is -2.15. The van der Waals surface area contributed by atoms with Crippen LogP contribution in [-0.4, -0.2) is 50.6 Å². The molecule has 1 saturated heterocycles. The molecule has 0 aliphatic carbocycles.